The lowest BCUT2D eigenvalue weighted by Gasteiger charge is -2.34. The summed E-state index contributed by atoms with van der Waals surface area (Å²) in [6.45, 7) is 7.41. The van der Waals surface area contributed by atoms with Gasteiger partial charge in [-0.3, -0.25) is 14.4 Å². The predicted molar refractivity (Wildman–Crippen MR) is 153 cm³/mol. The molecule has 3 aromatic rings. The number of benzene rings is 3. The average molecular weight is 562 g/mol. The van der Waals surface area contributed by atoms with Crippen molar-refractivity contribution >= 4 is 27.7 Å². The zero-order chi connectivity index (χ0) is 29.1. The molecule has 0 saturated heterocycles. The topological polar surface area (TPSA) is 104 Å². The maximum atomic E-state index is 13.9. The third kappa shape index (κ3) is 6.59. The van der Waals surface area contributed by atoms with E-state index in [0.717, 1.165) is 21.0 Å². The Morgan fingerprint density at radius 1 is 0.900 bits per heavy atom. The number of hydrogen-bond donors (Lipinski definition) is 1. The monoisotopic (exact) mass is 561 g/mol. The quantitative estimate of drug-likeness (QED) is 0.424. The molecule has 0 aliphatic carbocycles. The highest BCUT2D eigenvalue weighted by Gasteiger charge is 2.41. The molecule has 3 aromatic carbocycles. The molecule has 1 atom stereocenters. The maximum absolute atomic E-state index is 13.9. The molecule has 0 fully saturated rings. The number of hydrogen-bond acceptors (Lipinski definition) is 5. The van der Waals surface area contributed by atoms with Crippen LogP contribution in [0.25, 0.3) is 0 Å². The Labute approximate surface area is 236 Å². The van der Waals surface area contributed by atoms with E-state index in [1.54, 1.807) is 12.1 Å². The van der Waals surface area contributed by atoms with Gasteiger partial charge in [0.05, 0.1) is 5.56 Å². The highest BCUT2D eigenvalue weighted by molar-refractivity contribution is 7.90. The van der Waals surface area contributed by atoms with Crippen molar-refractivity contribution in [3.63, 3.8) is 0 Å². The van der Waals surface area contributed by atoms with E-state index < -0.39 is 33.4 Å². The number of carbonyl (C=O) groups is 3. The molecule has 0 radical (unpaired) electrons. The molecule has 8 nitrogen and oxygen atoms in total. The fraction of sp³-hybridized carbons (Fsp3) is 0.323. The van der Waals surface area contributed by atoms with Crippen LogP contribution in [0.15, 0.2) is 83.8 Å². The molecule has 3 amide bonds. The minimum Gasteiger partial charge on any atom is -0.350 e. The standard InChI is InChI=1S/C31H35N3O5S/c1-22-14-16-24(17-15-22)21-33(26(29(36)32-31(2,3)4)20-23-10-6-5-7-11-23)28(35)18-19-34-30(37)25-12-8-9-13-27(25)40(34,38)39/h5-17,26H,18-21H2,1-4H3,(H,32,36). The molecule has 210 valence electrons. The Kier molecular flexibility index (Phi) is 8.44. The lowest BCUT2D eigenvalue weighted by Crippen LogP contribution is -2.54. The third-order valence-electron chi connectivity index (χ3n) is 6.68. The van der Waals surface area contributed by atoms with Crippen molar-refractivity contribution in [2.24, 2.45) is 0 Å². The fourth-order valence-corrected chi connectivity index (χ4v) is 6.26. The van der Waals surface area contributed by atoms with E-state index in [1.807, 2.05) is 82.3 Å². The van der Waals surface area contributed by atoms with Crippen LogP contribution in [-0.2, 0) is 32.6 Å². The van der Waals surface area contributed by atoms with E-state index in [4.69, 9.17) is 0 Å². The molecule has 1 N–H and O–H groups in total. The Morgan fingerprint density at radius 2 is 1.52 bits per heavy atom. The molecule has 1 unspecified atom stereocenters. The summed E-state index contributed by atoms with van der Waals surface area (Å²) in [7, 11) is -4.06. The van der Waals surface area contributed by atoms with Crippen molar-refractivity contribution in [2.75, 3.05) is 6.54 Å². The first kappa shape index (κ1) is 29.0. The summed E-state index contributed by atoms with van der Waals surface area (Å²) in [6.07, 6.45) is 0.00560. The second-order valence-corrected chi connectivity index (χ2v) is 12.9. The summed E-state index contributed by atoms with van der Waals surface area (Å²) in [5.41, 5.74) is 2.33. The molecule has 4 rings (SSSR count). The molecule has 0 saturated carbocycles. The molecular formula is C31H35N3O5S. The molecule has 1 aliphatic rings. The number of nitrogens with zero attached hydrogens (tertiary/aromatic N) is 2. The Balaban J connectivity index is 1.65. The van der Waals surface area contributed by atoms with Crippen molar-refractivity contribution < 1.29 is 22.8 Å². The number of aryl methyl sites for hydroxylation is 1. The van der Waals surface area contributed by atoms with Crippen LogP contribution in [0.4, 0.5) is 0 Å². The van der Waals surface area contributed by atoms with Gasteiger partial charge in [-0.25, -0.2) is 12.7 Å². The van der Waals surface area contributed by atoms with Crippen LogP contribution in [0.2, 0.25) is 0 Å². The highest BCUT2D eigenvalue weighted by atomic mass is 32.2. The van der Waals surface area contributed by atoms with Gasteiger partial charge >= 0.3 is 0 Å². The zero-order valence-electron chi connectivity index (χ0n) is 23.3. The lowest BCUT2D eigenvalue weighted by molar-refractivity contribution is -0.142. The summed E-state index contributed by atoms with van der Waals surface area (Å²) >= 11 is 0. The summed E-state index contributed by atoms with van der Waals surface area (Å²) in [4.78, 5) is 41.9. The normalized spacial score (nSPS) is 14.9. The third-order valence-corrected chi connectivity index (χ3v) is 8.52. The van der Waals surface area contributed by atoms with Gasteiger partial charge in [-0.1, -0.05) is 72.3 Å². The van der Waals surface area contributed by atoms with Crippen molar-refractivity contribution in [2.45, 2.75) is 63.6 Å². The summed E-state index contributed by atoms with van der Waals surface area (Å²) in [6, 6.07) is 22.3. The van der Waals surface area contributed by atoms with Gasteiger partial charge in [0.2, 0.25) is 11.8 Å². The second-order valence-electron chi connectivity index (χ2n) is 11.1. The van der Waals surface area contributed by atoms with E-state index in [0.29, 0.717) is 0 Å². The Hall–Kier alpha value is -3.98. The van der Waals surface area contributed by atoms with Crippen molar-refractivity contribution in [1.29, 1.82) is 0 Å². The van der Waals surface area contributed by atoms with Crippen molar-refractivity contribution in [1.82, 2.24) is 14.5 Å². The second kappa shape index (κ2) is 11.6. The maximum Gasteiger partial charge on any atom is 0.269 e. The number of amides is 3. The van der Waals surface area contributed by atoms with Crippen molar-refractivity contribution in [3.05, 3.63) is 101 Å². The van der Waals surface area contributed by atoms with Crippen LogP contribution in [0.1, 0.15) is 54.2 Å². The molecule has 40 heavy (non-hydrogen) atoms. The van der Waals surface area contributed by atoms with E-state index >= 15 is 0 Å². The van der Waals surface area contributed by atoms with Gasteiger partial charge in [-0.2, -0.15) is 0 Å². The average Bonchev–Trinajstić information content (AvgIpc) is 3.10. The van der Waals surface area contributed by atoms with Crippen LogP contribution in [0.5, 0.6) is 0 Å². The van der Waals surface area contributed by atoms with E-state index in [-0.39, 0.29) is 42.3 Å². The van der Waals surface area contributed by atoms with Gasteiger partial charge in [0.15, 0.2) is 0 Å². The molecule has 0 bridgehead atoms. The van der Waals surface area contributed by atoms with Crippen LogP contribution in [0, 0.1) is 6.92 Å². The number of carbonyl (C=O) groups excluding carboxylic acids is 3. The molecule has 0 spiro atoms. The molecule has 9 heteroatoms. The molecular weight excluding hydrogens is 526 g/mol. The lowest BCUT2D eigenvalue weighted by atomic mass is 10.00. The van der Waals surface area contributed by atoms with E-state index in [2.05, 4.69) is 5.32 Å². The van der Waals surface area contributed by atoms with Gasteiger partial charge in [0.1, 0.15) is 10.9 Å². The first-order valence-electron chi connectivity index (χ1n) is 13.2. The van der Waals surface area contributed by atoms with Crippen LogP contribution in [0.3, 0.4) is 0 Å². The Bertz CT molecular complexity index is 1500. The van der Waals surface area contributed by atoms with Gasteiger partial charge in [-0.15, -0.1) is 0 Å². The van der Waals surface area contributed by atoms with Gasteiger partial charge in [-0.05, 0) is 51.0 Å². The number of nitrogens with one attached hydrogen (secondary N) is 1. The first-order chi connectivity index (χ1) is 18.9. The van der Waals surface area contributed by atoms with Gasteiger partial charge < -0.3 is 10.2 Å². The van der Waals surface area contributed by atoms with E-state index in [9.17, 15) is 22.8 Å². The highest BCUT2D eigenvalue weighted by Crippen LogP contribution is 2.30. The summed E-state index contributed by atoms with van der Waals surface area (Å²) < 4.78 is 26.9. The number of sulfonamides is 1. The summed E-state index contributed by atoms with van der Waals surface area (Å²) in [5, 5.41) is 3.01. The molecule has 0 aromatic heterocycles. The minimum atomic E-state index is -4.06. The van der Waals surface area contributed by atoms with Crippen LogP contribution < -0.4 is 5.32 Å². The van der Waals surface area contributed by atoms with Crippen molar-refractivity contribution in [3.8, 4) is 0 Å². The molecule has 1 aliphatic heterocycles. The van der Waals surface area contributed by atoms with Crippen LogP contribution in [-0.4, -0.2) is 53.5 Å². The predicted octanol–water partition coefficient (Wildman–Crippen LogP) is 4.08. The molecule has 1 heterocycles. The number of rotatable bonds is 9. The first-order valence-corrected chi connectivity index (χ1v) is 14.7. The Morgan fingerprint density at radius 3 is 2.15 bits per heavy atom. The number of fused-ring (bicyclic) bond motifs is 1. The van der Waals surface area contributed by atoms with Gasteiger partial charge in [0.25, 0.3) is 15.9 Å². The fourth-order valence-electron chi connectivity index (χ4n) is 4.69. The smallest absolute Gasteiger partial charge is 0.269 e. The largest absolute Gasteiger partial charge is 0.350 e. The summed E-state index contributed by atoms with van der Waals surface area (Å²) in [5.74, 6) is -1.39. The van der Waals surface area contributed by atoms with Gasteiger partial charge in [0, 0.05) is 31.5 Å². The zero-order valence-corrected chi connectivity index (χ0v) is 24.1. The minimum absolute atomic E-state index is 0.0598. The SMILES string of the molecule is Cc1ccc(CN(C(=O)CCN2C(=O)c3ccccc3S2(=O)=O)C(Cc2ccccc2)C(=O)NC(C)(C)C)cc1. The van der Waals surface area contributed by atoms with E-state index in [1.165, 1.54) is 17.0 Å². The van der Waals surface area contributed by atoms with Crippen LogP contribution >= 0.6 is 0 Å².